The van der Waals surface area contributed by atoms with Gasteiger partial charge in [0.05, 0.1) is 30.8 Å². The Hall–Kier alpha value is -2.78. The molecule has 1 aliphatic rings. The molecular formula is C22H29BN4O4. The van der Waals surface area contributed by atoms with Gasteiger partial charge in [-0.2, -0.15) is 0 Å². The summed E-state index contributed by atoms with van der Waals surface area (Å²) < 4.78 is 25.4. The highest BCUT2D eigenvalue weighted by Crippen LogP contribution is 2.37. The molecule has 0 unspecified atom stereocenters. The smallest absolute Gasteiger partial charge is 0.497 e. The molecule has 0 bridgehead atoms. The number of rotatable bonds is 6. The van der Waals surface area contributed by atoms with Gasteiger partial charge in [0.25, 0.3) is 0 Å². The van der Waals surface area contributed by atoms with Crippen LogP contribution in [0.4, 0.5) is 5.82 Å². The molecule has 2 aromatic heterocycles. The summed E-state index contributed by atoms with van der Waals surface area (Å²) in [4.78, 5) is 8.99. The second-order valence-corrected chi connectivity index (χ2v) is 8.74. The predicted octanol–water partition coefficient (Wildman–Crippen LogP) is 2.90. The van der Waals surface area contributed by atoms with Crippen LogP contribution in [0.5, 0.6) is 11.5 Å². The first-order valence-corrected chi connectivity index (χ1v) is 10.3. The third kappa shape index (κ3) is 3.72. The number of benzene rings is 1. The molecule has 8 nitrogen and oxygen atoms in total. The molecule has 3 heterocycles. The van der Waals surface area contributed by atoms with Gasteiger partial charge in [0, 0.05) is 36.9 Å². The van der Waals surface area contributed by atoms with E-state index in [1.54, 1.807) is 20.5 Å². The number of aryl methyl sites for hydroxylation is 1. The predicted molar refractivity (Wildman–Crippen MR) is 121 cm³/mol. The van der Waals surface area contributed by atoms with Gasteiger partial charge < -0.3 is 28.7 Å². The molecule has 1 saturated heterocycles. The van der Waals surface area contributed by atoms with Crippen LogP contribution in [-0.4, -0.2) is 47.1 Å². The van der Waals surface area contributed by atoms with Crippen LogP contribution in [-0.2, 0) is 22.9 Å². The lowest BCUT2D eigenvalue weighted by molar-refractivity contribution is 0.00578. The van der Waals surface area contributed by atoms with E-state index in [-0.39, 0.29) is 0 Å². The molecular weight excluding hydrogens is 395 g/mol. The van der Waals surface area contributed by atoms with Crippen LogP contribution < -0.4 is 20.3 Å². The van der Waals surface area contributed by atoms with Crippen LogP contribution in [0.15, 0.2) is 30.7 Å². The maximum Gasteiger partial charge on any atom is 0.497 e. The summed E-state index contributed by atoms with van der Waals surface area (Å²) in [6.07, 6.45) is 3.56. The number of fused-ring (bicyclic) bond motifs is 1. The first-order chi connectivity index (χ1) is 14.7. The molecule has 0 atom stereocenters. The Labute approximate surface area is 183 Å². The van der Waals surface area contributed by atoms with Crippen LogP contribution in [0.3, 0.4) is 0 Å². The Kier molecular flexibility index (Phi) is 5.35. The fourth-order valence-electron chi connectivity index (χ4n) is 3.70. The van der Waals surface area contributed by atoms with Crippen molar-refractivity contribution in [2.45, 2.75) is 45.4 Å². The Bertz CT molecular complexity index is 1100. The van der Waals surface area contributed by atoms with Crippen molar-refractivity contribution >= 4 is 29.4 Å². The molecule has 0 amide bonds. The Morgan fingerprint density at radius 2 is 1.77 bits per heavy atom. The summed E-state index contributed by atoms with van der Waals surface area (Å²) in [5, 5.41) is 4.32. The zero-order chi connectivity index (χ0) is 22.4. The second kappa shape index (κ2) is 7.73. The summed E-state index contributed by atoms with van der Waals surface area (Å²) in [7, 11) is 4.74. The minimum atomic E-state index is -0.504. The molecule has 0 radical (unpaired) electrons. The number of hydrogen-bond acceptors (Lipinski definition) is 7. The van der Waals surface area contributed by atoms with Crippen LogP contribution >= 0.6 is 0 Å². The lowest BCUT2D eigenvalue weighted by Gasteiger charge is -2.32. The molecule has 31 heavy (non-hydrogen) atoms. The summed E-state index contributed by atoms with van der Waals surface area (Å²) in [5.74, 6) is 2.21. The normalized spacial score (nSPS) is 17.2. The molecule has 9 heteroatoms. The standard InChI is InChI=1S/C22H29BN4O4/c1-21(2)22(3,4)31-23(30-21)16-12-27(5)20-18(16)19(25-13-26-20)24-11-14-8-9-15(28-6)10-17(14)29-7/h8-10,12-13H,11H2,1-7H3,(H,24,25,26). The van der Waals surface area contributed by atoms with Gasteiger partial charge in [-0.15, -0.1) is 0 Å². The average Bonchev–Trinajstić information content (AvgIpc) is 3.19. The van der Waals surface area contributed by atoms with E-state index in [4.69, 9.17) is 18.8 Å². The van der Waals surface area contributed by atoms with Crippen molar-refractivity contribution < 1.29 is 18.8 Å². The average molecular weight is 424 g/mol. The van der Waals surface area contributed by atoms with Crippen LogP contribution in [0.25, 0.3) is 11.0 Å². The number of nitrogens with one attached hydrogen (secondary N) is 1. The lowest BCUT2D eigenvalue weighted by atomic mass is 9.79. The quantitative estimate of drug-likeness (QED) is 0.610. The number of methoxy groups -OCH3 is 2. The summed E-state index contributed by atoms with van der Waals surface area (Å²) in [6, 6.07) is 5.75. The van der Waals surface area contributed by atoms with E-state index in [2.05, 4.69) is 15.3 Å². The largest absolute Gasteiger partial charge is 0.497 e. The molecule has 1 aliphatic heterocycles. The van der Waals surface area contributed by atoms with E-state index >= 15 is 0 Å². The zero-order valence-electron chi connectivity index (χ0n) is 19.1. The van der Waals surface area contributed by atoms with E-state index in [1.165, 1.54) is 0 Å². The first kappa shape index (κ1) is 21.5. The third-order valence-electron chi connectivity index (χ3n) is 6.23. The fraction of sp³-hybridized carbons (Fsp3) is 0.455. The van der Waals surface area contributed by atoms with E-state index < -0.39 is 18.3 Å². The topological polar surface area (TPSA) is 79.7 Å². The zero-order valence-corrected chi connectivity index (χ0v) is 19.1. The van der Waals surface area contributed by atoms with Gasteiger partial charge >= 0.3 is 7.12 Å². The van der Waals surface area contributed by atoms with E-state index in [0.29, 0.717) is 12.4 Å². The summed E-state index contributed by atoms with van der Waals surface area (Å²) in [6.45, 7) is 8.71. The molecule has 0 aliphatic carbocycles. The van der Waals surface area contributed by atoms with Crippen LogP contribution in [0.1, 0.15) is 33.3 Å². The van der Waals surface area contributed by atoms with Crippen molar-refractivity contribution in [1.29, 1.82) is 0 Å². The maximum absolute atomic E-state index is 6.30. The number of ether oxygens (including phenoxy) is 2. The first-order valence-electron chi connectivity index (χ1n) is 10.3. The number of anilines is 1. The number of aromatic nitrogens is 3. The van der Waals surface area contributed by atoms with Crippen LogP contribution in [0, 0.1) is 0 Å². The van der Waals surface area contributed by atoms with E-state index in [0.717, 1.165) is 33.6 Å². The fourth-order valence-corrected chi connectivity index (χ4v) is 3.70. The Morgan fingerprint density at radius 3 is 2.42 bits per heavy atom. The van der Waals surface area contributed by atoms with Gasteiger partial charge in [0.15, 0.2) is 0 Å². The minimum Gasteiger partial charge on any atom is -0.497 e. The Balaban J connectivity index is 1.69. The third-order valence-corrected chi connectivity index (χ3v) is 6.23. The van der Waals surface area contributed by atoms with E-state index in [1.807, 2.05) is 63.7 Å². The van der Waals surface area contributed by atoms with Crippen molar-refractivity contribution in [1.82, 2.24) is 14.5 Å². The van der Waals surface area contributed by atoms with Gasteiger partial charge in [0.1, 0.15) is 29.3 Å². The van der Waals surface area contributed by atoms with Crippen molar-refractivity contribution in [3.05, 3.63) is 36.3 Å². The highest BCUT2D eigenvalue weighted by molar-refractivity contribution is 6.65. The second-order valence-electron chi connectivity index (χ2n) is 8.74. The summed E-state index contributed by atoms with van der Waals surface area (Å²) in [5.41, 5.74) is 1.84. The van der Waals surface area contributed by atoms with Gasteiger partial charge in [-0.1, -0.05) is 0 Å². The van der Waals surface area contributed by atoms with Crippen molar-refractivity contribution in [2.75, 3.05) is 19.5 Å². The number of nitrogens with zero attached hydrogens (tertiary/aromatic N) is 3. The monoisotopic (exact) mass is 424 g/mol. The van der Waals surface area contributed by atoms with Gasteiger partial charge in [-0.25, -0.2) is 9.97 Å². The molecule has 4 rings (SSSR count). The molecule has 0 saturated carbocycles. The van der Waals surface area contributed by atoms with Crippen molar-refractivity contribution in [2.24, 2.45) is 7.05 Å². The van der Waals surface area contributed by atoms with Crippen molar-refractivity contribution in [3.8, 4) is 11.5 Å². The SMILES string of the molecule is COc1ccc(CNc2ncnc3c2c(B2OC(C)(C)C(C)(C)O2)cn3C)c(OC)c1. The van der Waals surface area contributed by atoms with Gasteiger partial charge in [-0.3, -0.25) is 0 Å². The minimum absolute atomic E-state index is 0.431. The lowest BCUT2D eigenvalue weighted by Crippen LogP contribution is -2.41. The van der Waals surface area contributed by atoms with Crippen LogP contribution in [0.2, 0.25) is 0 Å². The van der Waals surface area contributed by atoms with Crippen molar-refractivity contribution in [3.63, 3.8) is 0 Å². The molecule has 164 valence electrons. The Morgan fingerprint density at radius 1 is 1.06 bits per heavy atom. The highest BCUT2D eigenvalue weighted by Gasteiger charge is 2.52. The molecule has 1 aromatic carbocycles. The molecule has 1 N–H and O–H groups in total. The highest BCUT2D eigenvalue weighted by atomic mass is 16.7. The van der Waals surface area contributed by atoms with Gasteiger partial charge in [0.2, 0.25) is 0 Å². The molecule has 0 spiro atoms. The maximum atomic E-state index is 6.30. The van der Waals surface area contributed by atoms with E-state index in [9.17, 15) is 0 Å². The number of hydrogen-bond donors (Lipinski definition) is 1. The summed E-state index contributed by atoms with van der Waals surface area (Å²) >= 11 is 0. The van der Waals surface area contributed by atoms with Gasteiger partial charge in [-0.05, 0) is 39.8 Å². The molecule has 1 fully saturated rings. The molecule has 3 aromatic rings.